The van der Waals surface area contributed by atoms with Gasteiger partial charge in [-0.1, -0.05) is 35.4 Å². The average molecular weight is 499 g/mol. The van der Waals surface area contributed by atoms with Crippen molar-refractivity contribution in [1.29, 1.82) is 0 Å². The second kappa shape index (κ2) is 10.2. The van der Waals surface area contributed by atoms with E-state index in [2.05, 4.69) is 0 Å². The van der Waals surface area contributed by atoms with Gasteiger partial charge >= 0.3 is 0 Å². The second-order valence-corrected chi connectivity index (χ2v) is 11.7. The molecule has 33 heavy (non-hydrogen) atoms. The maximum Gasteiger partial charge on any atom is 0.296 e. The lowest BCUT2D eigenvalue weighted by Crippen LogP contribution is -2.26. The maximum absolute atomic E-state index is 12.4. The van der Waals surface area contributed by atoms with Gasteiger partial charge in [0, 0.05) is 12.8 Å². The third-order valence-electron chi connectivity index (χ3n) is 5.19. The van der Waals surface area contributed by atoms with Crippen LogP contribution in [0.1, 0.15) is 37.8 Å². The Kier molecular flexibility index (Phi) is 7.98. The number of benzene rings is 2. The van der Waals surface area contributed by atoms with Gasteiger partial charge in [0.15, 0.2) is 5.79 Å². The Bertz CT molecular complexity index is 1050. The molecule has 1 fully saturated rings. The van der Waals surface area contributed by atoms with Gasteiger partial charge < -0.3 is 9.47 Å². The Balaban J connectivity index is 1.54. The van der Waals surface area contributed by atoms with E-state index in [1.807, 2.05) is 13.8 Å². The first-order valence-electron chi connectivity index (χ1n) is 10.7. The molecule has 1 aliphatic rings. The van der Waals surface area contributed by atoms with Crippen molar-refractivity contribution in [3.63, 3.8) is 0 Å². The fourth-order valence-corrected chi connectivity index (χ4v) is 5.33. The second-order valence-electron chi connectivity index (χ2n) is 8.47. The van der Waals surface area contributed by atoms with E-state index in [1.165, 1.54) is 24.3 Å². The smallest absolute Gasteiger partial charge is 0.296 e. The summed E-state index contributed by atoms with van der Waals surface area (Å²) in [5.74, 6) is -0.888. The van der Waals surface area contributed by atoms with Crippen molar-refractivity contribution in [3.05, 3.63) is 59.7 Å². The zero-order chi connectivity index (χ0) is 24.3. The van der Waals surface area contributed by atoms with Gasteiger partial charge in [0.05, 0.1) is 35.2 Å². The molecular weight excluding hydrogens is 468 g/mol. The average Bonchev–Trinajstić information content (AvgIpc) is 3.02. The van der Waals surface area contributed by atoms with Crippen LogP contribution >= 0.6 is 0 Å². The van der Waals surface area contributed by atoms with Gasteiger partial charge in [0.25, 0.3) is 20.2 Å². The molecule has 3 rings (SSSR count). The van der Waals surface area contributed by atoms with Crippen LogP contribution in [0.4, 0.5) is 0 Å². The van der Waals surface area contributed by atoms with Gasteiger partial charge in [-0.3, -0.25) is 8.37 Å². The summed E-state index contributed by atoms with van der Waals surface area (Å²) in [7, 11) is -7.77. The monoisotopic (exact) mass is 498 g/mol. The van der Waals surface area contributed by atoms with E-state index in [1.54, 1.807) is 38.1 Å². The summed E-state index contributed by atoms with van der Waals surface area (Å²) in [6, 6.07) is 12.8. The number of aryl methyl sites for hydroxylation is 2. The summed E-state index contributed by atoms with van der Waals surface area (Å²) >= 11 is 0. The zero-order valence-corrected chi connectivity index (χ0v) is 20.8. The summed E-state index contributed by atoms with van der Waals surface area (Å²) in [5, 5.41) is 0. The highest BCUT2D eigenvalue weighted by Crippen LogP contribution is 2.32. The van der Waals surface area contributed by atoms with Crippen LogP contribution in [-0.4, -0.2) is 48.0 Å². The van der Waals surface area contributed by atoms with Crippen LogP contribution in [0, 0.1) is 13.8 Å². The lowest BCUT2D eigenvalue weighted by molar-refractivity contribution is -0.147. The van der Waals surface area contributed by atoms with Gasteiger partial charge in [-0.15, -0.1) is 0 Å². The first kappa shape index (κ1) is 25.8. The number of hydrogen-bond donors (Lipinski definition) is 0. The highest BCUT2D eigenvalue weighted by molar-refractivity contribution is 7.87. The molecule has 10 heteroatoms. The van der Waals surface area contributed by atoms with Crippen LogP contribution in [0.15, 0.2) is 58.3 Å². The Labute approximate surface area is 196 Å². The Morgan fingerprint density at radius 2 is 1.03 bits per heavy atom. The molecule has 8 nitrogen and oxygen atoms in total. The van der Waals surface area contributed by atoms with Crippen molar-refractivity contribution in [2.75, 3.05) is 13.2 Å². The van der Waals surface area contributed by atoms with E-state index in [-0.39, 0.29) is 35.8 Å². The van der Waals surface area contributed by atoms with Crippen LogP contribution in [0.3, 0.4) is 0 Å². The molecule has 182 valence electrons. The molecule has 2 aromatic carbocycles. The zero-order valence-electron chi connectivity index (χ0n) is 19.2. The van der Waals surface area contributed by atoms with Gasteiger partial charge in [-0.25, -0.2) is 0 Å². The Morgan fingerprint density at radius 1 is 0.697 bits per heavy atom. The number of hydrogen-bond acceptors (Lipinski definition) is 8. The fraction of sp³-hybridized carbons (Fsp3) is 0.478. The molecule has 0 bridgehead atoms. The minimum Gasteiger partial charge on any atom is -0.344 e. The molecule has 1 aliphatic heterocycles. The van der Waals surface area contributed by atoms with E-state index in [4.69, 9.17) is 17.8 Å². The van der Waals surface area contributed by atoms with Crippen molar-refractivity contribution in [3.8, 4) is 0 Å². The van der Waals surface area contributed by atoms with E-state index in [0.29, 0.717) is 0 Å². The topological polar surface area (TPSA) is 105 Å². The van der Waals surface area contributed by atoms with Crippen LogP contribution in [0.5, 0.6) is 0 Å². The SMILES string of the molecule is Cc1ccc(S(=O)(=O)OCCC2OC(C)(C)OC2CCOS(=O)(=O)c2ccc(C)cc2)cc1. The van der Waals surface area contributed by atoms with Crippen LogP contribution in [0.2, 0.25) is 0 Å². The summed E-state index contributed by atoms with van der Waals surface area (Å²) in [6.07, 6.45) is -0.439. The molecule has 0 aliphatic carbocycles. The predicted molar refractivity (Wildman–Crippen MR) is 122 cm³/mol. The molecular formula is C23H30O8S2. The van der Waals surface area contributed by atoms with Crippen LogP contribution < -0.4 is 0 Å². The van der Waals surface area contributed by atoms with E-state index in [0.717, 1.165) is 11.1 Å². The highest BCUT2D eigenvalue weighted by atomic mass is 32.2. The largest absolute Gasteiger partial charge is 0.344 e. The van der Waals surface area contributed by atoms with Crippen LogP contribution in [-0.2, 0) is 38.1 Å². The highest BCUT2D eigenvalue weighted by Gasteiger charge is 2.41. The third kappa shape index (κ3) is 7.08. The third-order valence-corrected chi connectivity index (χ3v) is 7.84. The molecule has 0 amide bonds. The quantitative estimate of drug-likeness (QED) is 0.457. The number of ether oxygens (including phenoxy) is 2. The van der Waals surface area contributed by atoms with E-state index in [9.17, 15) is 16.8 Å². The van der Waals surface area contributed by atoms with E-state index < -0.39 is 38.2 Å². The van der Waals surface area contributed by atoms with Gasteiger partial charge in [-0.2, -0.15) is 16.8 Å². The summed E-state index contributed by atoms with van der Waals surface area (Å²) in [5.41, 5.74) is 1.89. The van der Waals surface area contributed by atoms with Gasteiger partial charge in [0.2, 0.25) is 0 Å². The molecule has 0 saturated carbocycles. The van der Waals surface area contributed by atoms with Crippen molar-refractivity contribution in [2.24, 2.45) is 0 Å². The maximum atomic E-state index is 12.4. The number of rotatable bonds is 10. The Morgan fingerprint density at radius 3 is 1.36 bits per heavy atom. The van der Waals surface area contributed by atoms with E-state index >= 15 is 0 Å². The van der Waals surface area contributed by atoms with Crippen molar-refractivity contribution >= 4 is 20.2 Å². The molecule has 0 aromatic heterocycles. The molecule has 0 spiro atoms. The molecule has 0 N–H and O–H groups in total. The Hall–Kier alpha value is -1.82. The molecule has 2 aromatic rings. The van der Waals surface area contributed by atoms with Crippen molar-refractivity contribution < 1.29 is 34.7 Å². The van der Waals surface area contributed by atoms with Gasteiger partial charge in [0.1, 0.15) is 0 Å². The van der Waals surface area contributed by atoms with Crippen LogP contribution in [0.25, 0.3) is 0 Å². The normalized spacial score (nSPS) is 20.7. The standard InChI is InChI=1S/C23H30O8S2/c1-17-5-9-19(10-6-17)32(24,25)28-15-13-21-22(31-23(3,4)30-21)14-16-29-33(26,27)20-11-7-18(2)8-12-20/h5-12,21-22H,13-16H2,1-4H3. The predicted octanol–water partition coefficient (Wildman–Crippen LogP) is 3.71. The first-order chi connectivity index (χ1) is 15.4. The molecule has 2 unspecified atom stereocenters. The molecule has 1 heterocycles. The van der Waals surface area contributed by atoms with Crippen molar-refractivity contribution in [2.45, 2.75) is 68.3 Å². The lowest BCUT2D eigenvalue weighted by Gasteiger charge is -2.16. The minimum atomic E-state index is -3.89. The molecule has 1 saturated heterocycles. The fourth-order valence-electron chi connectivity index (χ4n) is 3.49. The lowest BCUT2D eigenvalue weighted by atomic mass is 10.1. The summed E-state index contributed by atoms with van der Waals surface area (Å²) in [6.45, 7) is 7.03. The van der Waals surface area contributed by atoms with Gasteiger partial charge in [-0.05, 0) is 52.0 Å². The summed E-state index contributed by atoms with van der Waals surface area (Å²) < 4.78 is 71.6. The van der Waals surface area contributed by atoms with Crippen molar-refractivity contribution in [1.82, 2.24) is 0 Å². The molecule has 0 radical (unpaired) electrons. The first-order valence-corrected chi connectivity index (χ1v) is 13.5. The summed E-state index contributed by atoms with van der Waals surface area (Å²) in [4.78, 5) is 0.173. The minimum absolute atomic E-state index is 0.0864. The molecule has 2 atom stereocenters.